The summed E-state index contributed by atoms with van der Waals surface area (Å²) in [6, 6.07) is 3.98. The molecular weight excluding hydrogens is 188 g/mol. The van der Waals surface area contributed by atoms with E-state index in [2.05, 4.69) is 24.1 Å². The zero-order valence-corrected chi connectivity index (χ0v) is 9.79. The number of hydrogen-bond donors (Lipinski definition) is 1. The molecule has 0 saturated heterocycles. The van der Waals surface area contributed by atoms with Gasteiger partial charge < -0.3 is 10.1 Å². The molecule has 84 valence electrons. The van der Waals surface area contributed by atoms with Crippen molar-refractivity contribution in [1.82, 2.24) is 10.3 Å². The first-order valence-corrected chi connectivity index (χ1v) is 5.58. The summed E-state index contributed by atoms with van der Waals surface area (Å²) in [5.41, 5.74) is 1.19. The summed E-state index contributed by atoms with van der Waals surface area (Å²) < 4.78 is 5.59. The molecule has 0 spiro atoms. The Kier molecular flexibility index (Phi) is 5.12. The van der Waals surface area contributed by atoms with Crippen LogP contribution in [0.1, 0.15) is 32.8 Å². The maximum atomic E-state index is 5.59. The van der Waals surface area contributed by atoms with Crippen molar-refractivity contribution in [2.45, 2.75) is 39.8 Å². The van der Waals surface area contributed by atoms with Crippen LogP contribution in [0.4, 0.5) is 0 Å². The molecule has 1 unspecified atom stereocenters. The zero-order chi connectivity index (χ0) is 11.1. The molecule has 1 aromatic rings. The van der Waals surface area contributed by atoms with Gasteiger partial charge in [-0.2, -0.15) is 0 Å². The number of ether oxygens (including phenoxy) is 1. The van der Waals surface area contributed by atoms with Gasteiger partial charge in [0.25, 0.3) is 0 Å². The highest BCUT2D eigenvalue weighted by Gasteiger charge is 2.01. The fraction of sp³-hybridized carbons (Fsp3) is 0.583. The predicted octanol–water partition coefficient (Wildman–Crippen LogP) is 2.37. The summed E-state index contributed by atoms with van der Waals surface area (Å²) in [5, 5.41) is 3.26. The van der Waals surface area contributed by atoms with Gasteiger partial charge in [0.1, 0.15) is 0 Å². The van der Waals surface area contributed by atoms with Crippen molar-refractivity contribution in [2.24, 2.45) is 0 Å². The third kappa shape index (κ3) is 4.30. The number of aromatic nitrogens is 1. The highest BCUT2D eigenvalue weighted by Crippen LogP contribution is 2.10. The Bertz CT molecular complexity index is 271. The normalized spacial score (nSPS) is 12.5. The lowest BCUT2D eigenvalue weighted by atomic mass is 10.3. The monoisotopic (exact) mass is 208 g/mol. The van der Waals surface area contributed by atoms with Crippen molar-refractivity contribution >= 4 is 0 Å². The van der Waals surface area contributed by atoms with E-state index in [-0.39, 0.29) is 6.10 Å². The third-order valence-corrected chi connectivity index (χ3v) is 2.27. The second kappa shape index (κ2) is 6.40. The number of pyridine rings is 1. The molecule has 15 heavy (non-hydrogen) atoms. The second-order valence-electron chi connectivity index (χ2n) is 3.62. The summed E-state index contributed by atoms with van der Waals surface area (Å²) in [4.78, 5) is 4.26. The lowest BCUT2D eigenvalue weighted by molar-refractivity contribution is 0.208. The van der Waals surface area contributed by atoms with Gasteiger partial charge in [-0.05, 0) is 25.5 Å². The number of nitrogens with zero attached hydrogens (tertiary/aromatic N) is 1. The van der Waals surface area contributed by atoms with Crippen LogP contribution < -0.4 is 10.1 Å². The van der Waals surface area contributed by atoms with Gasteiger partial charge in [0.05, 0.1) is 6.10 Å². The quantitative estimate of drug-likeness (QED) is 0.779. The van der Waals surface area contributed by atoms with Gasteiger partial charge in [-0.1, -0.05) is 19.9 Å². The minimum atomic E-state index is 0.233. The van der Waals surface area contributed by atoms with E-state index in [9.17, 15) is 0 Å². The average Bonchev–Trinajstić information content (AvgIpc) is 2.28. The fourth-order valence-electron chi connectivity index (χ4n) is 1.14. The molecule has 0 radical (unpaired) electrons. The van der Waals surface area contributed by atoms with Crippen molar-refractivity contribution in [1.29, 1.82) is 0 Å². The molecule has 0 amide bonds. The molecule has 0 aliphatic rings. The molecule has 0 aliphatic carbocycles. The van der Waals surface area contributed by atoms with Gasteiger partial charge in [-0.15, -0.1) is 0 Å². The van der Waals surface area contributed by atoms with E-state index in [0.717, 1.165) is 19.5 Å². The van der Waals surface area contributed by atoms with Crippen molar-refractivity contribution < 1.29 is 4.74 Å². The summed E-state index contributed by atoms with van der Waals surface area (Å²) in [5.74, 6) is 0.713. The molecule has 1 aromatic heterocycles. The molecule has 0 bridgehead atoms. The van der Waals surface area contributed by atoms with Crippen LogP contribution in [0.2, 0.25) is 0 Å². The number of hydrogen-bond acceptors (Lipinski definition) is 3. The maximum absolute atomic E-state index is 5.59. The van der Waals surface area contributed by atoms with E-state index in [0.29, 0.717) is 5.88 Å². The first kappa shape index (κ1) is 12.0. The van der Waals surface area contributed by atoms with E-state index >= 15 is 0 Å². The molecule has 3 nitrogen and oxygen atoms in total. The standard InChI is InChI=1S/C12H20N2O/c1-4-10(3)15-12-7-6-11(9-14-12)8-13-5-2/h6-7,9-10,13H,4-5,8H2,1-3H3. The van der Waals surface area contributed by atoms with E-state index in [1.165, 1.54) is 5.56 Å². The first-order chi connectivity index (χ1) is 7.26. The molecular formula is C12H20N2O. The summed E-state index contributed by atoms with van der Waals surface area (Å²) in [6.45, 7) is 8.09. The SMILES string of the molecule is CCNCc1ccc(OC(C)CC)nc1. The van der Waals surface area contributed by atoms with Crippen LogP contribution in [0.3, 0.4) is 0 Å². The van der Waals surface area contributed by atoms with Crippen LogP contribution >= 0.6 is 0 Å². The van der Waals surface area contributed by atoms with Gasteiger partial charge in [-0.3, -0.25) is 0 Å². The second-order valence-corrected chi connectivity index (χ2v) is 3.62. The highest BCUT2D eigenvalue weighted by molar-refractivity contribution is 5.17. The third-order valence-electron chi connectivity index (χ3n) is 2.27. The molecule has 1 heterocycles. The average molecular weight is 208 g/mol. The van der Waals surface area contributed by atoms with Crippen molar-refractivity contribution in [3.63, 3.8) is 0 Å². The molecule has 1 atom stereocenters. The van der Waals surface area contributed by atoms with Crippen LogP contribution in [0, 0.1) is 0 Å². The Labute approximate surface area is 91.9 Å². The van der Waals surface area contributed by atoms with Gasteiger partial charge in [-0.25, -0.2) is 4.98 Å². The van der Waals surface area contributed by atoms with Crippen LogP contribution in [-0.4, -0.2) is 17.6 Å². The number of rotatable bonds is 6. The fourth-order valence-corrected chi connectivity index (χ4v) is 1.14. The van der Waals surface area contributed by atoms with E-state index in [1.807, 2.05) is 25.3 Å². The molecule has 0 aliphatic heterocycles. The summed E-state index contributed by atoms with van der Waals surface area (Å²) in [6.07, 6.45) is 3.10. The lowest BCUT2D eigenvalue weighted by Gasteiger charge is -2.11. The van der Waals surface area contributed by atoms with E-state index in [1.54, 1.807) is 0 Å². The van der Waals surface area contributed by atoms with Crippen molar-refractivity contribution in [3.05, 3.63) is 23.9 Å². The van der Waals surface area contributed by atoms with Crippen LogP contribution in [0.5, 0.6) is 5.88 Å². The van der Waals surface area contributed by atoms with E-state index in [4.69, 9.17) is 4.74 Å². The molecule has 3 heteroatoms. The van der Waals surface area contributed by atoms with Crippen LogP contribution in [0.25, 0.3) is 0 Å². The minimum absolute atomic E-state index is 0.233. The van der Waals surface area contributed by atoms with Gasteiger partial charge in [0.15, 0.2) is 0 Å². The largest absolute Gasteiger partial charge is 0.475 e. The van der Waals surface area contributed by atoms with Crippen molar-refractivity contribution in [2.75, 3.05) is 6.54 Å². The summed E-state index contributed by atoms with van der Waals surface area (Å²) in [7, 11) is 0. The predicted molar refractivity (Wildman–Crippen MR) is 62.0 cm³/mol. The summed E-state index contributed by atoms with van der Waals surface area (Å²) >= 11 is 0. The Hall–Kier alpha value is -1.09. The Morgan fingerprint density at radius 1 is 1.40 bits per heavy atom. The Morgan fingerprint density at radius 3 is 2.73 bits per heavy atom. The number of nitrogens with one attached hydrogen (secondary N) is 1. The molecule has 0 fully saturated rings. The topological polar surface area (TPSA) is 34.1 Å². The van der Waals surface area contributed by atoms with E-state index < -0.39 is 0 Å². The van der Waals surface area contributed by atoms with Crippen LogP contribution in [-0.2, 0) is 6.54 Å². The maximum Gasteiger partial charge on any atom is 0.213 e. The molecule has 0 aromatic carbocycles. The van der Waals surface area contributed by atoms with Gasteiger partial charge >= 0.3 is 0 Å². The minimum Gasteiger partial charge on any atom is -0.475 e. The zero-order valence-electron chi connectivity index (χ0n) is 9.79. The molecule has 0 saturated carbocycles. The Balaban J connectivity index is 2.48. The molecule has 1 rings (SSSR count). The van der Waals surface area contributed by atoms with Gasteiger partial charge in [0.2, 0.25) is 5.88 Å². The Morgan fingerprint density at radius 2 is 2.20 bits per heavy atom. The smallest absolute Gasteiger partial charge is 0.213 e. The first-order valence-electron chi connectivity index (χ1n) is 5.58. The van der Waals surface area contributed by atoms with Gasteiger partial charge in [0, 0.05) is 18.8 Å². The molecule has 1 N–H and O–H groups in total. The van der Waals surface area contributed by atoms with Crippen LogP contribution in [0.15, 0.2) is 18.3 Å². The lowest BCUT2D eigenvalue weighted by Crippen LogP contribution is -2.13. The highest BCUT2D eigenvalue weighted by atomic mass is 16.5. The van der Waals surface area contributed by atoms with Crippen molar-refractivity contribution in [3.8, 4) is 5.88 Å².